The first-order valence-corrected chi connectivity index (χ1v) is 7.36. The van der Waals surface area contributed by atoms with Gasteiger partial charge in [-0.3, -0.25) is 4.79 Å². The molecule has 2 fully saturated rings. The van der Waals surface area contributed by atoms with Gasteiger partial charge in [-0.1, -0.05) is 12.1 Å². The standard InChI is InChI=1S/C16H22N2O2/c1-11-10-17-6-7-18(11)16(19)15-9-14(15)12-4-3-5-13(8-12)20-2/h3-5,8,11,14-15,17H,6-7,9-10H2,1-2H3/t11-,14+,15-/m1/s1. The lowest BCUT2D eigenvalue weighted by molar-refractivity contribution is -0.135. The number of ether oxygens (including phenoxy) is 1. The minimum atomic E-state index is 0.169. The van der Waals surface area contributed by atoms with Crippen LogP contribution in [0, 0.1) is 5.92 Å². The average molecular weight is 274 g/mol. The van der Waals surface area contributed by atoms with Gasteiger partial charge in [0.25, 0.3) is 0 Å². The Labute approximate surface area is 120 Å². The predicted octanol–water partition coefficient (Wildman–Crippen LogP) is 1.62. The van der Waals surface area contributed by atoms with E-state index >= 15 is 0 Å². The second-order valence-electron chi connectivity index (χ2n) is 5.81. The Morgan fingerprint density at radius 3 is 3.05 bits per heavy atom. The fourth-order valence-electron chi connectivity index (χ4n) is 3.09. The van der Waals surface area contributed by atoms with Crippen molar-refractivity contribution in [3.63, 3.8) is 0 Å². The number of hydrogen-bond donors (Lipinski definition) is 1. The topological polar surface area (TPSA) is 41.6 Å². The molecule has 1 amide bonds. The Morgan fingerprint density at radius 2 is 2.30 bits per heavy atom. The van der Waals surface area contributed by atoms with Gasteiger partial charge in [-0.05, 0) is 37.0 Å². The van der Waals surface area contributed by atoms with Crippen molar-refractivity contribution in [1.29, 1.82) is 0 Å². The molecule has 1 heterocycles. The number of carbonyl (C=O) groups excluding carboxylic acids is 1. The summed E-state index contributed by atoms with van der Waals surface area (Å²) in [5, 5.41) is 3.33. The van der Waals surface area contributed by atoms with Crippen molar-refractivity contribution in [1.82, 2.24) is 10.2 Å². The van der Waals surface area contributed by atoms with E-state index in [1.54, 1.807) is 7.11 Å². The summed E-state index contributed by atoms with van der Waals surface area (Å²) >= 11 is 0. The van der Waals surface area contributed by atoms with Crippen LogP contribution in [0.15, 0.2) is 24.3 Å². The van der Waals surface area contributed by atoms with Gasteiger partial charge in [-0.2, -0.15) is 0 Å². The van der Waals surface area contributed by atoms with Crippen LogP contribution < -0.4 is 10.1 Å². The minimum absolute atomic E-state index is 0.169. The second-order valence-corrected chi connectivity index (χ2v) is 5.81. The van der Waals surface area contributed by atoms with E-state index in [1.807, 2.05) is 17.0 Å². The summed E-state index contributed by atoms with van der Waals surface area (Å²) in [6.07, 6.45) is 0.975. The summed E-state index contributed by atoms with van der Waals surface area (Å²) in [7, 11) is 1.68. The van der Waals surface area contributed by atoms with Crippen molar-refractivity contribution >= 4 is 5.91 Å². The number of nitrogens with one attached hydrogen (secondary N) is 1. The van der Waals surface area contributed by atoms with Crippen LogP contribution in [0.1, 0.15) is 24.8 Å². The number of piperazine rings is 1. The molecule has 108 valence electrons. The van der Waals surface area contributed by atoms with Crippen LogP contribution >= 0.6 is 0 Å². The van der Waals surface area contributed by atoms with Crippen molar-refractivity contribution in [2.75, 3.05) is 26.7 Å². The van der Waals surface area contributed by atoms with Crippen LogP contribution in [-0.2, 0) is 4.79 Å². The van der Waals surface area contributed by atoms with Gasteiger partial charge in [0.15, 0.2) is 0 Å². The molecule has 4 nitrogen and oxygen atoms in total. The van der Waals surface area contributed by atoms with E-state index in [2.05, 4.69) is 24.4 Å². The fourth-order valence-corrected chi connectivity index (χ4v) is 3.09. The molecule has 1 saturated heterocycles. The van der Waals surface area contributed by atoms with Gasteiger partial charge in [0.2, 0.25) is 5.91 Å². The molecule has 20 heavy (non-hydrogen) atoms. The summed E-state index contributed by atoms with van der Waals surface area (Å²) in [6.45, 7) is 4.77. The second kappa shape index (κ2) is 5.44. The molecule has 0 aromatic heterocycles. The molecule has 0 radical (unpaired) electrons. The van der Waals surface area contributed by atoms with E-state index < -0.39 is 0 Å². The van der Waals surface area contributed by atoms with Crippen LogP contribution in [0.4, 0.5) is 0 Å². The molecular weight excluding hydrogens is 252 g/mol. The number of rotatable bonds is 3. The lowest BCUT2D eigenvalue weighted by atomic mass is 10.1. The molecule has 2 aliphatic rings. The Kier molecular flexibility index (Phi) is 3.66. The molecule has 1 aliphatic carbocycles. The third-order valence-corrected chi connectivity index (χ3v) is 4.41. The van der Waals surface area contributed by atoms with E-state index in [9.17, 15) is 4.79 Å². The monoisotopic (exact) mass is 274 g/mol. The maximum atomic E-state index is 12.6. The van der Waals surface area contributed by atoms with E-state index in [0.717, 1.165) is 31.8 Å². The molecule has 3 rings (SSSR count). The van der Waals surface area contributed by atoms with Crippen LogP contribution in [-0.4, -0.2) is 43.6 Å². The molecule has 0 bridgehead atoms. The summed E-state index contributed by atoms with van der Waals surface area (Å²) in [5.74, 6) is 1.74. The largest absolute Gasteiger partial charge is 0.497 e. The van der Waals surface area contributed by atoms with E-state index in [-0.39, 0.29) is 5.92 Å². The lowest BCUT2D eigenvalue weighted by Crippen LogP contribution is -2.52. The van der Waals surface area contributed by atoms with Gasteiger partial charge in [0.1, 0.15) is 5.75 Å². The Hall–Kier alpha value is -1.55. The molecule has 1 saturated carbocycles. The summed E-state index contributed by atoms with van der Waals surface area (Å²) in [5.41, 5.74) is 1.23. The number of carbonyl (C=O) groups is 1. The van der Waals surface area contributed by atoms with Crippen molar-refractivity contribution in [2.24, 2.45) is 5.92 Å². The Balaban J connectivity index is 1.67. The lowest BCUT2D eigenvalue weighted by Gasteiger charge is -2.34. The highest BCUT2D eigenvalue weighted by atomic mass is 16.5. The van der Waals surface area contributed by atoms with Gasteiger partial charge >= 0.3 is 0 Å². The third kappa shape index (κ3) is 2.52. The first-order chi connectivity index (χ1) is 9.70. The number of hydrogen-bond acceptors (Lipinski definition) is 3. The highest BCUT2D eigenvalue weighted by Crippen LogP contribution is 2.49. The van der Waals surface area contributed by atoms with Gasteiger partial charge < -0.3 is 15.0 Å². The SMILES string of the molecule is COc1cccc([C@@H]2C[C@H]2C(=O)N2CCNC[C@H]2C)c1. The van der Waals surface area contributed by atoms with Crippen molar-refractivity contribution in [3.05, 3.63) is 29.8 Å². The van der Waals surface area contributed by atoms with E-state index in [4.69, 9.17) is 4.74 Å². The average Bonchev–Trinajstić information content (AvgIpc) is 3.28. The molecule has 4 heteroatoms. The van der Waals surface area contributed by atoms with Gasteiger partial charge in [-0.25, -0.2) is 0 Å². The quantitative estimate of drug-likeness (QED) is 0.910. The zero-order valence-electron chi connectivity index (χ0n) is 12.1. The Bertz CT molecular complexity index is 503. The zero-order valence-corrected chi connectivity index (χ0v) is 12.1. The molecule has 0 unspecified atom stereocenters. The van der Waals surface area contributed by atoms with E-state index in [1.165, 1.54) is 5.56 Å². The van der Waals surface area contributed by atoms with Gasteiger partial charge in [-0.15, -0.1) is 0 Å². The number of benzene rings is 1. The summed E-state index contributed by atoms with van der Waals surface area (Å²) in [6, 6.07) is 8.41. The molecule has 1 aromatic carbocycles. The van der Waals surface area contributed by atoms with Crippen LogP contribution in [0.5, 0.6) is 5.75 Å². The predicted molar refractivity (Wildman–Crippen MR) is 77.9 cm³/mol. The van der Waals surface area contributed by atoms with Crippen LogP contribution in [0.25, 0.3) is 0 Å². The van der Waals surface area contributed by atoms with Crippen LogP contribution in [0.3, 0.4) is 0 Å². The van der Waals surface area contributed by atoms with E-state index in [0.29, 0.717) is 17.9 Å². The molecule has 1 N–H and O–H groups in total. The first-order valence-electron chi connectivity index (χ1n) is 7.36. The molecule has 1 aromatic rings. The maximum Gasteiger partial charge on any atom is 0.226 e. The van der Waals surface area contributed by atoms with Gasteiger partial charge in [0, 0.05) is 31.6 Å². The smallest absolute Gasteiger partial charge is 0.226 e. The third-order valence-electron chi connectivity index (χ3n) is 4.41. The minimum Gasteiger partial charge on any atom is -0.497 e. The van der Waals surface area contributed by atoms with Crippen LogP contribution in [0.2, 0.25) is 0 Å². The highest BCUT2D eigenvalue weighted by molar-refractivity contribution is 5.83. The molecule has 0 spiro atoms. The maximum absolute atomic E-state index is 12.6. The van der Waals surface area contributed by atoms with Crippen molar-refractivity contribution in [2.45, 2.75) is 25.3 Å². The Morgan fingerprint density at radius 1 is 1.45 bits per heavy atom. The normalized spacial score (nSPS) is 29.1. The van der Waals surface area contributed by atoms with Crippen molar-refractivity contribution < 1.29 is 9.53 Å². The first kappa shape index (κ1) is 13.4. The number of amides is 1. The number of methoxy groups -OCH3 is 1. The zero-order chi connectivity index (χ0) is 14.1. The highest BCUT2D eigenvalue weighted by Gasteiger charge is 2.46. The van der Waals surface area contributed by atoms with Gasteiger partial charge in [0.05, 0.1) is 7.11 Å². The molecular formula is C16H22N2O2. The summed E-state index contributed by atoms with van der Waals surface area (Å²) < 4.78 is 5.26. The number of nitrogens with zero attached hydrogens (tertiary/aromatic N) is 1. The fraction of sp³-hybridized carbons (Fsp3) is 0.562. The molecule has 3 atom stereocenters. The summed E-state index contributed by atoms with van der Waals surface area (Å²) in [4.78, 5) is 14.6. The molecule has 1 aliphatic heterocycles. The van der Waals surface area contributed by atoms with Crippen molar-refractivity contribution in [3.8, 4) is 5.75 Å².